The molecule has 3 aliphatic rings. The maximum absolute atomic E-state index is 13.1. The molecule has 1 aromatic rings. The van der Waals surface area contributed by atoms with Crippen molar-refractivity contribution in [3.63, 3.8) is 0 Å². The van der Waals surface area contributed by atoms with Crippen LogP contribution >= 0.6 is 0 Å². The van der Waals surface area contributed by atoms with Crippen LogP contribution in [0, 0.1) is 5.92 Å². The Labute approximate surface area is 174 Å². The summed E-state index contributed by atoms with van der Waals surface area (Å²) in [5.74, 6) is 1.56. The van der Waals surface area contributed by atoms with Gasteiger partial charge in [0.05, 0.1) is 0 Å². The summed E-state index contributed by atoms with van der Waals surface area (Å²) in [5, 5.41) is 14.3. The summed E-state index contributed by atoms with van der Waals surface area (Å²) < 4.78 is 6.42. The summed E-state index contributed by atoms with van der Waals surface area (Å²) in [6.45, 7) is 13.9. The summed E-state index contributed by atoms with van der Waals surface area (Å²) in [5.41, 5.74) is 2.40. The molecule has 5 heteroatoms. The van der Waals surface area contributed by atoms with Crippen LogP contribution in [0.5, 0.6) is 11.5 Å². The van der Waals surface area contributed by atoms with Crippen molar-refractivity contribution in [2.75, 3.05) is 26.2 Å². The molecule has 0 aromatic heterocycles. The molecule has 0 bridgehead atoms. The van der Waals surface area contributed by atoms with Gasteiger partial charge in [-0.15, -0.1) is 0 Å². The van der Waals surface area contributed by atoms with Crippen LogP contribution in [0.3, 0.4) is 0 Å². The number of nitrogens with one attached hydrogen (secondary N) is 1. The second kappa shape index (κ2) is 7.05. The summed E-state index contributed by atoms with van der Waals surface area (Å²) in [7, 11) is 0. The Kier molecular flexibility index (Phi) is 4.93. The highest BCUT2D eigenvalue weighted by atomic mass is 16.5. The van der Waals surface area contributed by atoms with Crippen LogP contribution in [-0.2, 0) is 10.2 Å². The minimum absolute atomic E-state index is 0.0766. The molecule has 4 rings (SSSR count). The minimum Gasteiger partial charge on any atom is -0.508 e. The molecule has 2 N–H and O–H groups in total. The fourth-order valence-electron chi connectivity index (χ4n) is 5.07. The van der Waals surface area contributed by atoms with Crippen LogP contribution in [-0.4, -0.2) is 47.7 Å². The van der Waals surface area contributed by atoms with E-state index < -0.39 is 0 Å². The van der Waals surface area contributed by atoms with Gasteiger partial charge in [-0.05, 0) is 49.8 Å². The van der Waals surface area contributed by atoms with Crippen molar-refractivity contribution in [2.24, 2.45) is 5.92 Å². The van der Waals surface area contributed by atoms with E-state index in [1.54, 1.807) is 0 Å². The van der Waals surface area contributed by atoms with Crippen molar-refractivity contribution in [2.45, 2.75) is 64.4 Å². The molecule has 5 nitrogen and oxygen atoms in total. The van der Waals surface area contributed by atoms with E-state index in [4.69, 9.17) is 4.74 Å². The molecule has 1 fully saturated rings. The van der Waals surface area contributed by atoms with Gasteiger partial charge in [-0.2, -0.15) is 0 Å². The number of hydrogen-bond donors (Lipinski definition) is 2. The van der Waals surface area contributed by atoms with Gasteiger partial charge in [0.1, 0.15) is 17.1 Å². The molecule has 0 unspecified atom stereocenters. The van der Waals surface area contributed by atoms with Gasteiger partial charge in [-0.3, -0.25) is 4.79 Å². The minimum atomic E-state index is -0.346. The molecule has 1 aromatic carbocycles. The lowest BCUT2D eigenvalue weighted by atomic mass is 9.66. The van der Waals surface area contributed by atoms with Crippen molar-refractivity contribution in [1.29, 1.82) is 0 Å². The van der Waals surface area contributed by atoms with Gasteiger partial charge in [-0.1, -0.05) is 26.8 Å². The Morgan fingerprint density at radius 3 is 2.59 bits per heavy atom. The van der Waals surface area contributed by atoms with Crippen molar-refractivity contribution in [1.82, 2.24) is 10.2 Å². The van der Waals surface area contributed by atoms with E-state index in [1.807, 2.05) is 11.0 Å². The fraction of sp³-hybridized carbons (Fsp3) is 0.625. The topological polar surface area (TPSA) is 61.8 Å². The number of nitrogens with zero attached hydrogens (tertiary/aromatic N) is 1. The van der Waals surface area contributed by atoms with Gasteiger partial charge in [-0.25, -0.2) is 0 Å². The monoisotopic (exact) mass is 398 g/mol. The van der Waals surface area contributed by atoms with Crippen LogP contribution in [0.1, 0.15) is 64.5 Å². The normalized spacial score (nSPS) is 26.1. The number of hydrogen-bond acceptors (Lipinski definition) is 4. The Hall–Kier alpha value is -2.01. The zero-order valence-corrected chi connectivity index (χ0v) is 18.3. The van der Waals surface area contributed by atoms with Gasteiger partial charge in [0.2, 0.25) is 5.91 Å². The second-order valence-corrected chi connectivity index (χ2v) is 10.3. The van der Waals surface area contributed by atoms with Crippen LogP contribution in [0.2, 0.25) is 0 Å². The average Bonchev–Trinajstić information content (AvgIpc) is 2.66. The molecule has 0 radical (unpaired) electrons. The molecular weight excluding hydrogens is 364 g/mol. The first kappa shape index (κ1) is 20.3. The number of amides is 1. The van der Waals surface area contributed by atoms with E-state index in [2.05, 4.69) is 52.1 Å². The second-order valence-electron chi connectivity index (χ2n) is 10.3. The quantitative estimate of drug-likeness (QED) is 0.757. The molecule has 1 amide bonds. The predicted octanol–water partition coefficient (Wildman–Crippen LogP) is 3.71. The van der Waals surface area contributed by atoms with Crippen molar-refractivity contribution < 1.29 is 14.6 Å². The summed E-state index contributed by atoms with van der Waals surface area (Å²) in [6, 6.07) is 3.97. The van der Waals surface area contributed by atoms with Gasteiger partial charge < -0.3 is 20.1 Å². The third-order valence-corrected chi connectivity index (χ3v) is 6.85. The van der Waals surface area contributed by atoms with Gasteiger partial charge >= 0.3 is 0 Å². The largest absolute Gasteiger partial charge is 0.508 e. The van der Waals surface area contributed by atoms with Gasteiger partial charge in [0, 0.05) is 49.2 Å². The lowest BCUT2D eigenvalue weighted by Crippen LogP contribution is -2.49. The van der Waals surface area contributed by atoms with E-state index in [9.17, 15) is 9.90 Å². The first-order chi connectivity index (χ1) is 13.6. The zero-order chi connectivity index (χ0) is 21.0. The predicted molar refractivity (Wildman–Crippen MR) is 115 cm³/mol. The first-order valence-electron chi connectivity index (χ1n) is 10.8. The fourth-order valence-corrected chi connectivity index (χ4v) is 5.07. The highest BCUT2D eigenvalue weighted by molar-refractivity contribution is 5.94. The number of benzene rings is 1. The number of rotatable bonds is 1. The summed E-state index contributed by atoms with van der Waals surface area (Å²) >= 11 is 0. The molecule has 1 saturated heterocycles. The third kappa shape index (κ3) is 3.65. The van der Waals surface area contributed by atoms with E-state index >= 15 is 0 Å². The first-order valence-corrected chi connectivity index (χ1v) is 10.8. The average molecular weight is 399 g/mol. The molecule has 2 atom stereocenters. The number of carbonyl (C=O) groups excluding carboxylic acids is 1. The number of piperazine rings is 1. The van der Waals surface area contributed by atoms with Crippen molar-refractivity contribution in [3.8, 4) is 11.5 Å². The van der Waals surface area contributed by atoms with Gasteiger partial charge in [0.15, 0.2) is 0 Å². The summed E-state index contributed by atoms with van der Waals surface area (Å²) in [4.78, 5) is 15.1. The lowest BCUT2D eigenvalue weighted by Gasteiger charge is -2.47. The van der Waals surface area contributed by atoms with E-state index in [-0.39, 0.29) is 28.8 Å². The number of carbonyl (C=O) groups is 1. The summed E-state index contributed by atoms with van der Waals surface area (Å²) in [6.07, 6.45) is 3.57. The standard InChI is InChI=1S/C24H34N2O3/c1-23(2,3)16-13-19(27)21-17-12-15(22(28)26-10-8-25-9-11-26)6-7-18(17)24(4,5)29-20(21)14-16/h6,13-14,17-18,25,27H,7-12H2,1-5H3/t17-,18-/m1/s1. The maximum Gasteiger partial charge on any atom is 0.249 e. The van der Waals surface area contributed by atoms with Crippen molar-refractivity contribution in [3.05, 3.63) is 34.9 Å². The number of allylic oxidation sites excluding steroid dienone is 1. The van der Waals surface area contributed by atoms with Crippen molar-refractivity contribution >= 4 is 5.91 Å². The lowest BCUT2D eigenvalue weighted by molar-refractivity contribution is -0.128. The Morgan fingerprint density at radius 1 is 1.24 bits per heavy atom. The third-order valence-electron chi connectivity index (χ3n) is 6.85. The van der Waals surface area contributed by atoms with Crippen LogP contribution < -0.4 is 10.1 Å². The van der Waals surface area contributed by atoms with Crippen LogP contribution in [0.15, 0.2) is 23.8 Å². The molecule has 29 heavy (non-hydrogen) atoms. The number of phenols is 1. The molecule has 2 aliphatic heterocycles. The SMILES string of the molecule is CC(C)(C)c1cc(O)c2c(c1)OC(C)(C)[C@@H]1CC=C(C(=O)N3CCNCC3)C[C@@H]21. The smallest absolute Gasteiger partial charge is 0.249 e. The van der Waals surface area contributed by atoms with E-state index in [1.165, 1.54) is 0 Å². The zero-order valence-electron chi connectivity index (χ0n) is 18.3. The number of ether oxygens (including phenoxy) is 1. The Bertz CT molecular complexity index is 844. The number of phenolic OH excluding ortho intramolecular Hbond substituents is 1. The number of fused-ring (bicyclic) bond motifs is 3. The van der Waals surface area contributed by atoms with Crippen LogP contribution in [0.25, 0.3) is 0 Å². The Morgan fingerprint density at radius 2 is 1.93 bits per heavy atom. The molecule has 2 heterocycles. The van der Waals surface area contributed by atoms with Gasteiger partial charge in [0.25, 0.3) is 0 Å². The Balaban J connectivity index is 1.70. The molecule has 0 saturated carbocycles. The molecular formula is C24H34N2O3. The maximum atomic E-state index is 13.1. The molecule has 1 aliphatic carbocycles. The highest BCUT2D eigenvalue weighted by Gasteiger charge is 2.47. The van der Waals surface area contributed by atoms with Crippen LogP contribution in [0.4, 0.5) is 0 Å². The molecule has 0 spiro atoms. The van der Waals surface area contributed by atoms with E-state index in [0.717, 1.165) is 55.0 Å². The molecule has 158 valence electrons. The highest BCUT2D eigenvalue weighted by Crippen LogP contribution is 2.54. The van der Waals surface area contributed by atoms with E-state index in [0.29, 0.717) is 12.2 Å². The number of aromatic hydroxyl groups is 1.